The highest BCUT2D eigenvalue weighted by molar-refractivity contribution is 5.94. The maximum Gasteiger partial charge on any atom is 0.255 e. The lowest BCUT2D eigenvalue weighted by Crippen LogP contribution is -2.47. The van der Waals surface area contributed by atoms with Crippen LogP contribution in [0.5, 0.6) is 0 Å². The summed E-state index contributed by atoms with van der Waals surface area (Å²) in [5, 5.41) is 3.30. The number of carbonyl (C=O) groups is 2. The zero-order chi connectivity index (χ0) is 18.1. The summed E-state index contributed by atoms with van der Waals surface area (Å²) in [6.07, 6.45) is 10.2. The topological polar surface area (TPSA) is 62.3 Å². The molecule has 2 bridgehead atoms. The Morgan fingerprint density at radius 1 is 1.19 bits per heavy atom. The average molecular weight is 355 g/mol. The van der Waals surface area contributed by atoms with Gasteiger partial charge in [0.2, 0.25) is 5.91 Å². The standard InChI is InChI=1S/C21H29N3O2/c1-14(19-12-15-4-5-17(19)11-15)23-20(25)16-6-9-24(10-7-16)21(26)18-3-2-8-22-13-18/h2-3,8,13-17,19H,4-7,9-12H2,1H3,(H,23,25)/t14-,15-,17-,19-/m0/s1. The van der Waals surface area contributed by atoms with Crippen LogP contribution in [-0.2, 0) is 4.79 Å². The monoisotopic (exact) mass is 355 g/mol. The van der Waals surface area contributed by atoms with Crippen molar-refractivity contribution >= 4 is 11.8 Å². The van der Waals surface area contributed by atoms with Crippen molar-refractivity contribution in [2.45, 2.75) is 51.5 Å². The summed E-state index contributed by atoms with van der Waals surface area (Å²) >= 11 is 0. The van der Waals surface area contributed by atoms with Gasteiger partial charge in [-0.3, -0.25) is 14.6 Å². The van der Waals surface area contributed by atoms with E-state index in [2.05, 4.69) is 17.2 Å². The third-order valence-electron chi connectivity index (χ3n) is 6.87. The minimum atomic E-state index is 0.0207. The smallest absolute Gasteiger partial charge is 0.255 e. The molecule has 1 N–H and O–H groups in total. The number of fused-ring (bicyclic) bond motifs is 2. The summed E-state index contributed by atoms with van der Waals surface area (Å²) in [7, 11) is 0. The Morgan fingerprint density at radius 2 is 2.00 bits per heavy atom. The second-order valence-electron chi connectivity index (χ2n) is 8.44. The fraction of sp³-hybridized carbons (Fsp3) is 0.667. The van der Waals surface area contributed by atoms with Crippen molar-refractivity contribution in [1.82, 2.24) is 15.2 Å². The molecule has 4 rings (SSSR count). The summed E-state index contributed by atoms with van der Waals surface area (Å²) < 4.78 is 0. The molecule has 2 saturated carbocycles. The predicted octanol–water partition coefficient (Wildman–Crippen LogP) is 2.87. The van der Waals surface area contributed by atoms with Gasteiger partial charge in [0.25, 0.3) is 5.91 Å². The van der Waals surface area contributed by atoms with Crippen molar-refractivity contribution in [3.63, 3.8) is 0 Å². The van der Waals surface area contributed by atoms with Crippen molar-refractivity contribution in [2.75, 3.05) is 13.1 Å². The number of amides is 2. The normalized spacial score (nSPS) is 29.6. The second-order valence-corrected chi connectivity index (χ2v) is 8.44. The number of likely N-dealkylation sites (tertiary alicyclic amines) is 1. The summed E-state index contributed by atoms with van der Waals surface area (Å²) in [4.78, 5) is 31.0. The Balaban J connectivity index is 1.26. The number of hydrogen-bond acceptors (Lipinski definition) is 3. The minimum absolute atomic E-state index is 0.0207. The molecule has 2 heterocycles. The van der Waals surface area contributed by atoms with E-state index in [4.69, 9.17) is 0 Å². The number of pyridine rings is 1. The second kappa shape index (κ2) is 7.37. The average Bonchev–Trinajstić information content (AvgIpc) is 3.32. The van der Waals surface area contributed by atoms with Crippen LogP contribution in [0.3, 0.4) is 0 Å². The SMILES string of the molecule is C[C@H](NC(=O)C1CCN(C(=O)c2cccnc2)CC1)[C@@H]1C[C@H]2CC[C@H]1C2. The Bertz CT molecular complexity index is 654. The lowest BCUT2D eigenvalue weighted by atomic mass is 9.83. The number of aromatic nitrogens is 1. The van der Waals surface area contributed by atoms with Gasteiger partial charge in [-0.25, -0.2) is 0 Å². The number of nitrogens with zero attached hydrogens (tertiary/aromatic N) is 2. The van der Waals surface area contributed by atoms with Crippen molar-refractivity contribution in [2.24, 2.45) is 23.7 Å². The van der Waals surface area contributed by atoms with Crippen LogP contribution in [0.4, 0.5) is 0 Å². The summed E-state index contributed by atoms with van der Waals surface area (Å²) in [5.74, 6) is 2.65. The van der Waals surface area contributed by atoms with E-state index < -0.39 is 0 Å². The van der Waals surface area contributed by atoms with Crippen LogP contribution in [0, 0.1) is 23.7 Å². The first-order chi connectivity index (χ1) is 12.6. The highest BCUT2D eigenvalue weighted by atomic mass is 16.2. The fourth-order valence-electron chi connectivity index (χ4n) is 5.37. The van der Waals surface area contributed by atoms with Gasteiger partial charge in [-0.15, -0.1) is 0 Å². The zero-order valence-electron chi connectivity index (χ0n) is 15.6. The van der Waals surface area contributed by atoms with Gasteiger partial charge in [-0.1, -0.05) is 6.42 Å². The van der Waals surface area contributed by atoms with E-state index in [0.717, 1.165) is 24.7 Å². The lowest BCUT2D eigenvalue weighted by Gasteiger charge is -2.33. The van der Waals surface area contributed by atoms with Crippen LogP contribution >= 0.6 is 0 Å². The van der Waals surface area contributed by atoms with Gasteiger partial charge in [0.05, 0.1) is 5.56 Å². The molecule has 26 heavy (non-hydrogen) atoms. The third-order valence-corrected chi connectivity index (χ3v) is 6.87. The molecule has 0 aromatic carbocycles. The van der Waals surface area contributed by atoms with Gasteiger partial charge < -0.3 is 10.2 Å². The molecule has 2 amide bonds. The van der Waals surface area contributed by atoms with Crippen LogP contribution < -0.4 is 5.32 Å². The largest absolute Gasteiger partial charge is 0.353 e. The third kappa shape index (κ3) is 3.49. The molecular formula is C21H29N3O2. The summed E-state index contributed by atoms with van der Waals surface area (Å²) in [6.45, 7) is 3.48. The molecular weight excluding hydrogens is 326 g/mol. The van der Waals surface area contributed by atoms with E-state index in [9.17, 15) is 9.59 Å². The van der Waals surface area contributed by atoms with Gasteiger partial charge >= 0.3 is 0 Å². The number of rotatable bonds is 4. The number of nitrogens with one attached hydrogen (secondary N) is 1. The molecule has 3 aliphatic rings. The Labute approximate surface area is 155 Å². The first kappa shape index (κ1) is 17.5. The number of hydrogen-bond donors (Lipinski definition) is 1. The van der Waals surface area contributed by atoms with Crippen LogP contribution in [0.1, 0.15) is 55.8 Å². The minimum Gasteiger partial charge on any atom is -0.353 e. The molecule has 1 saturated heterocycles. The van der Waals surface area contributed by atoms with Gasteiger partial charge in [0.15, 0.2) is 0 Å². The van der Waals surface area contributed by atoms with Gasteiger partial charge in [0, 0.05) is 37.4 Å². The van der Waals surface area contributed by atoms with Crippen molar-refractivity contribution in [1.29, 1.82) is 0 Å². The van der Waals surface area contributed by atoms with Crippen molar-refractivity contribution in [3.8, 4) is 0 Å². The molecule has 140 valence electrons. The Morgan fingerprint density at radius 3 is 2.62 bits per heavy atom. The molecule has 0 spiro atoms. The fourth-order valence-corrected chi connectivity index (χ4v) is 5.37. The number of piperidine rings is 1. The quantitative estimate of drug-likeness (QED) is 0.903. The predicted molar refractivity (Wildman–Crippen MR) is 99.4 cm³/mol. The van der Waals surface area contributed by atoms with Crippen LogP contribution in [-0.4, -0.2) is 40.8 Å². The molecule has 5 heteroatoms. The van der Waals surface area contributed by atoms with E-state index in [1.165, 1.54) is 25.7 Å². The Kier molecular flexibility index (Phi) is 4.96. The Hall–Kier alpha value is -1.91. The summed E-state index contributed by atoms with van der Waals surface area (Å²) in [5.41, 5.74) is 0.625. The van der Waals surface area contributed by atoms with E-state index >= 15 is 0 Å². The maximum atomic E-state index is 12.7. The number of carbonyl (C=O) groups excluding carboxylic acids is 2. The molecule has 1 aromatic rings. The van der Waals surface area contributed by atoms with E-state index in [1.807, 2.05) is 4.90 Å². The van der Waals surface area contributed by atoms with E-state index in [0.29, 0.717) is 24.6 Å². The molecule has 1 aromatic heterocycles. The van der Waals surface area contributed by atoms with Crippen LogP contribution in [0.2, 0.25) is 0 Å². The molecule has 4 atom stereocenters. The van der Waals surface area contributed by atoms with Crippen LogP contribution in [0.15, 0.2) is 24.5 Å². The van der Waals surface area contributed by atoms with Gasteiger partial charge in [-0.05, 0) is 68.9 Å². The zero-order valence-corrected chi connectivity index (χ0v) is 15.6. The molecule has 0 unspecified atom stereocenters. The maximum absolute atomic E-state index is 12.7. The van der Waals surface area contributed by atoms with Crippen molar-refractivity contribution in [3.05, 3.63) is 30.1 Å². The molecule has 0 radical (unpaired) electrons. The van der Waals surface area contributed by atoms with E-state index in [-0.39, 0.29) is 23.8 Å². The van der Waals surface area contributed by atoms with E-state index in [1.54, 1.807) is 24.5 Å². The van der Waals surface area contributed by atoms with Crippen molar-refractivity contribution < 1.29 is 9.59 Å². The first-order valence-electron chi connectivity index (χ1n) is 10.1. The lowest BCUT2D eigenvalue weighted by molar-refractivity contribution is -0.127. The molecule has 2 aliphatic carbocycles. The molecule has 5 nitrogen and oxygen atoms in total. The highest BCUT2D eigenvalue weighted by Crippen LogP contribution is 2.49. The molecule has 3 fully saturated rings. The van der Waals surface area contributed by atoms with Crippen LogP contribution in [0.25, 0.3) is 0 Å². The molecule has 1 aliphatic heterocycles. The first-order valence-corrected chi connectivity index (χ1v) is 10.1. The highest BCUT2D eigenvalue weighted by Gasteiger charge is 2.42. The van der Waals surface area contributed by atoms with Gasteiger partial charge in [-0.2, -0.15) is 0 Å². The van der Waals surface area contributed by atoms with Gasteiger partial charge in [0.1, 0.15) is 0 Å². The summed E-state index contributed by atoms with van der Waals surface area (Å²) in [6, 6.07) is 3.86.